The monoisotopic (exact) mass is 235 g/mol. The molecule has 0 aromatic carbocycles. The summed E-state index contributed by atoms with van der Waals surface area (Å²) in [7, 11) is 0. The molecule has 0 aliphatic carbocycles. The van der Waals surface area contributed by atoms with E-state index >= 15 is 0 Å². The van der Waals surface area contributed by atoms with Gasteiger partial charge >= 0.3 is 11.8 Å². The summed E-state index contributed by atoms with van der Waals surface area (Å²) in [5, 5.41) is 6.99. The number of hydrogen-bond acceptors (Lipinski definition) is 4. The molecule has 0 radical (unpaired) electrons. The van der Waals surface area contributed by atoms with Gasteiger partial charge in [0.15, 0.2) is 0 Å². The zero-order chi connectivity index (χ0) is 12.7. The Bertz CT molecular complexity index is 402. The average Bonchev–Trinajstić information content (AvgIpc) is 2.80. The summed E-state index contributed by atoms with van der Waals surface area (Å²) in [5.74, 6) is -1.44. The molecular formula is C10H13N5O2. The molecule has 7 nitrogen and oxygen atoms in total. The van der Waals surface area contributed by atoms with Crippen LogP contribution in [0.5, 0.6) is 0 Å². The molecule has 1 rings (SSSR count). The molecule has 90 valence electrons. The molecule has 0 atom stereocenters. The maximum absolute atomic E-state index is 11.7. The number of nitrogens with one attached hydrogen (secondary N) is 1. The van der Waals surface area contributed by atoms with Crippen LogP contribution in [0.15, 0.2) is 38.0 Å². The highest BCUT2D eigenvalue weighted by Gasteiger charge is 2.20. The van der Waals surface area contributed by atoms with E-state index in [1.807, 2.05) is 0 Å². The van der Waals surface area contributed by atoms with Crippen molar-refractivity contribution in [2.24, 2.45) is 0 Å². The molecule has 7 heteroatoms. The molecule has 0 spiro atoms. The SMILES string of the molecule is C=CCN(CC=C)C(=O)C(=O)Nn1cnnc1. The zero-order valence-electron chi connectivity index (χ0n) is 9.24. The van der Waals surface area contributed by atoms with Crippen LogP contribution in [-0.4, -0.2) is 44.7 Å². The number of rotatable bonds is 5. The van der Waals surface area contributed by atoms with Crippen LogP contribution >= 0.6 is 0 Å². The van der Waals surface area contributed by atoms with Crippen molar-refractivity contribution in [1.29, 1.82) is 0 Å². The number of hydrogen-bond donors (Lipinski definition) is 1. The van der Waals surface area contributed by atoms with Gasteiger partial charge in [0.25, 0.3) is 0 Å². The van der Waals surface area contributed by atoms with Gasteiger partial charge in [-0.25, -0.2) is 4.68 Å². The Kier molecular flexibility index (Phi) is 4.61. The number of amides is 2. The van der Waals surface area contributed by atoms with Crippen LogP contribution in [0.4, 0.5) is 0 Å². The highest BCUT2D eigenvalue weighted by Crippen LogP contribution is 1.92. The Balaban J connectivity index is 2.63. The van der Waals surface area contributed by atoms with Crippen molar-refractivity contribution in [2.45, 2.75) is 0 Å². The number of aromatic nitrogens is 3. The van der Waals surface area contributed by atoms with Gasteiger partial charge in [-0.1, -0.05) is 12.2 Å². The topological polar surface area (TPSA) is 80.1 Å². The van der Waals surface area contributed by atoms with Crippen molar-refractivity contribution in [3.05, 3.63) is 38.0 Å². The molecule has 1 aromatic heterocycles. The van der Waals surface area contributed by atoms with Gasteiger partial charge in [-0.3, -0.25) is 15.0 Å². The molecule has 1 heterocycles. The van der Waals surface area contributed by atoms with Crippen molar-refractivity contribution < 1.29 is 9.59 Å². The van der Waals surface area contributed by atoms with Crippen LogP contribution in [0.1, 0.15) is 0 Å². The first kappa shape index (κ1) is 12.6. The molecule has 1 aromatic rings. The third kappa shape index (κ3) is 3.56. The summed E-state index contributed by atoms with van der Waals surface area (Å²) in [6, 6.07) is 0. The minimum Gasteiger partial charge on any atom is -0.327 e. The molecule has 0 bridgehead atoms. The average molecular weight is 235 g/mol. The summed E-state index contributed by atoms with van der Waals surface area (Å²) < 4.78 is 1.19. The Morgan fingerprint density at radius 2 is 1.76 bits per heavy atom. The highest BCUT2D eigenvalue weighted by molar-refractivity contribution is 6.38. The van der Waals surface area contributed by atoms with E-state index in [2.05, 4.69) is 28.8 Å². The fraction of sp³-hybridized carbons (Fsp3) is 0.200. The van der Waals surface area contributed by atoms with Gasteiger partial charge in [-0.15, -0.1) is 23.4 Å². The molecule has 0 aliphatic rings. The summed E-state index contributed by atoms with van der Waals surface area (Å²) >= 11 is 0. The van der Waals surface area contributed by atoms with E-state index in [4.69, 9.17) is 0 Å². The van der Waals surface area contributed by atoms with Gasteiger partial charge in [-0.05, 0) is 0 Å². The second kappa shape index (κ2) is 6.21. The van der Waals surface area contributed by atoms with Gasteiger partial charge in [-0.2, -0.15) is 0 Å². The summed E-state index contributed by atoms with van der Waals surface area (Å²) in [5.41, 5.74) is 2.31. The third-order valence-electron chi connectivity index (χ3n) is 1.83. The first-order valence-electron chi connectivity index (χ1n) is 4.85. The molecular weight excluding hydrogens is 222 g/mol. The fourth-order valence-electron chi connectivity index (χ4n) is 1.12. The minimum absolute atomic E-state index is 0.278. The first-order chi connectivity index (χ1) is 8.19. The third-order valence-corrected chi connectivity index (χ3v) is 1.83. The predicted octanol–water partition coefficient (Wildman–Crippen LogP) is -0.451. The second-order valence-corrected chi connectivity index (χ2v) is 3.10. The molecule has 0 unspecified atom stereocenters. The van der Waals surface area contributed by atoms with Gasteiger partial charge in [0, 0.05) is 13.1 Å². The summed E-state index contributed by atoms with van der Waals surface area (Å²) in [6.45, 7) is 7.59. The smallest absolute Gasteiger partial charge is 0.327 e. The Morgan fingerprint density at radius 1 is 1.24 bits per heavy atom. The lowest BCUT2D eigenvalue weighted by atomic mass is 10.4. The molecule has 0 saturated heterocycles. The summed E-state index contributed by atoms with van der Waals surface area (Å²) in [4.78, 5) is 24.6. The number of carbonyl (C=O) groups excluding carboxylic acids is 2. The molecule has 0 fully saturated rings. The van der Waals surface area contributed by atoms with Crippen LogP contribution in [-0.2, 0) is 9.59 Å². The maximum atomic E-state index is 11.7. The fourth-order valence-corrected chi connectivity index (χ4v) is 1.12. The summed E-state index contributed by atoms with van der Waals surface area (Å²) in [6.07, 6.45) is 5.62. The predicted molar refractivity (Wildman–Crippen MR) is 61.4 cm³/mol. The Labute approximate surface area is 98.4 Å². The largest absolute Gasteiger partial charge is 0.328 e. The van der Waals surface area contributed by atoms with Crippen LogP contribution in [0, 0.1) is 0 Å². The second-order valence-electron chi connectivity index (χ2n) is 3.10. The van der Waals surface area contributed by atoms with E-state index in [9.17, 15) is 9.59 Å². The quantitative estimate of drug-likeness (QED) is 0.553. The number of nitrogens with zero attached hydrogens (tertiary/aromatic N) is 4. The van der Waals surface area contributed by atoms with Crippen molar-refractivity contribution in [3.63, 3.8) is 0 Å². The van der Waals surface area contributed by atoms with Gasteiger partial charge in [0.2, 0.25) is 0 Å². The molecule has 1 N–H and O–H groups in total. The lowest BCUT2D eigenvalue weighted by Gasteiger charge is -2.18. The van der Waals surface area contributed by atoms with Crippen molar-refractivity contribution in [1.82, 2.24) is 19.8 Å². The molecule has 2 amide bonds. The van der Waals surface area contributed by atoms with E-state index in [1.165, 1.54) is 34.4 Å². The van der Waals surface area contributed by atoms with Crippen LogP contribution in [0.3, 0.4) is 0 Å². The van der Waals surface area contributed by atoms with Gasteiger partial charge in [0.1, 0.15) is 12.7 Å². The Morgan fingerprint density at radius 3 is 2.24 bits per heavy atom. The lowest BCUT2D eigenvalue weighted by Crippen LogP contribution is -2.42. The van der Waals surface area contributed by atoms with Crippen molar-refractivity contribution in [2.75, 3.05) is 18.5 Å². The highest BCUT2D eigenvalue weighted by atomic mass is 16.2. The Hall–Kier alpha value is -2.44. The zero-order valence-corrected chi connectivity index (χ0v) is 9.24. The van der Waals surface area contributed by atoms with E-state index in [1.54, 1.807) is 0 Å². The maximum Gasteiger partial charge on any atom is 0.328 e. The molecule has 0 aliphatic heterocycles. The van der Waals surface area contributed by atoms with Crippen LogP contribution in [0.25, 0.3) is 0 Å². The van der Waals surface area contributed by atoms with Crippen molar-refractivity contribution >= 4 is 11.8 Å². The van der Waals surface area contributed by atoms with E-state index in [0.29, 0.717) is 0 Å². The van der Waals surface area contributed by atoms with Gasteiger partial charge < -0.3 is 4.90 Å². The van der Waals surface area contributed by atoms with E-state index in [0.717, 1.165) is 0 Å². The first-order valence-corrected chi connectivity index (χ1v) is 4.85. The van der Waals surface area contributed by atoms with E-state index in [-0.39, 0.29) is 13.1 Å². The van der Waals surface area contributed by atoms with Gasteiger partial charge in [0.05, 0.1) is 0 Å². The minimum atomic E-state index is -0.770. The van der Waals surface area contributed by atoms with Crippen molar-refractivity contribution in [3.8, 4) is 0 Å². The molecule has 0 saturated carbocycles. The van der Waals surface area contributed by atoms with Crippen LogP contribution < -0.4 is 5.43 Å². The van der Waals surface area contributed by atoms with E-state index < -0.39 is 11.8 Å². The van der Waals surface area contributed by atoms with Crippen LogP contribution in [0.2, 0.25) is 0 Å². The lowest BCUT2D eigenvalue weighted by molar-refractivity contribution is -0.142. The number of carbonyl (C=O) groups is 2. The molecule has 17 heavy (non-hydrogen) atoms. The standard InChI is InChI=1S/C10H13N5O2/c1-3-5-14(6-4-2)10(17)9(16)13-15-7-11-12-8-15/h3-4,7-8H,1-2,5-6H2,(H,13,16). The normalized spacial score (nSPS) is 9.41.